The summed E-state index contributed by atoms with van der Waals surface area (Å²) in [5.41, 5.74) is 9.38. The number of nitrogens with two attached hydrogens (primary N) is 1. The maximum absolute atomic E-state index is 10.5. The fourth-order valence-corrected chi connectivity index (χ4v) is 2.54. The van der Waals surface area contributed by atoms with E-state index in [1.165, 1.54) is 0 Å². The number of rotatable bonds is 3. The summed E-state index contributed by atoms with van der Waals surface area (Å²) in [6, 6.07) is 9.07. The summed E-state index contributed by atoms with van der Waals surface area (Å²) in [6.45, 7) is 8.38. The van der Waals surface area contributed by atoms with Crippen molar-refractivity contribution < 1.29 is 5.11 Å². The van der Waals surface area contributed by atoms with Gasteiger partial charge in [0.05, 0.1) is 5.69 Å². The van der Waals surface area contributed by atoms with E-state index < -0.39 is 0 Å². The van der Waals surface area contributed by atoms with Gasteiger partial charge in [0.25, 0.3) is 0 Å². The predicted octanol–water partition coefficient (Wildman–Crippen LogP) is 5.58. The third-order valence-corrected chi connectivity index (χ3v) is 3.59. The van der Waals surface area contributed by atoms with Crippen LogP contribution in [0.3, 0.4) is 0 Å². The van der Waals surface area contributed by atoms with Gasteiger partial charge in [-0.05, 0) is 54.2 Å². The Morgan fingerprint density at radius 2 is 1.74 bits per heavy atom. The molecular weight excluding hydrogens is 306 g/mol. The van der Waals surface area contributed by atoms with E-state index in [2.05, 4.69) is 43.6 Å². The molecule has 0 aliphatic heterocycles. The van der Waals surface area contributed by atoms with Crippen LogP contribution in [0.5, 0.6) is 5.75 Å². The SMILES string of the molecule is Cc1cc(CC(C)(C)C)c(O)c(N=Nc2cc(S)ccc2N)c1. The molecule has 0 aliphatic carbocycles. The van der Waals surface area contributed by atoms with Gasteiger partial charge in [-0.3, -0.25) is 0 Å². The zero-order valence-corrected chi connectivity index (χ0v) is 14.9. The van der Waals surface area contributed by atoms with Gasteiger partial charge in [0.15, 0.2) is 0 Å². The predicted molar refractivity (Wildman–Crippen MR) is 98.3 cm³/mol. The van der Waals surface area contributed by atoms with Gasteiger partial charge < -0.3 is 10.8 Å². The minimum absolute atomic E-state index is 0.0739. The summed E-state index contributed by atoms with van der Waals surface area (Å²) in [4.78, 5) is 0.759. The van der Waals surface area contributed by atoms with Gasteiger partial charge in [0.1, 0.15) is 17.1 Å². The lowest BCUT2D eigenvalue weighted by molar-refractivity contribution is 0.395. The van der Waals surface area contributed by atoms with Crippen molar-refractivity contribution in [2.45, 2.75) is 39.0 Å². The minimum atomic E-state index is 0.0739. The van der Waals surface area contributed by atoms with Crippen molar-refractivity contribution in [3.05, 3.63) is 41.5 Å². The highest BCUT2D eigenvalue weighted by Gasteiger charge is 2.16. The third kappa shape index (κ3) is 4.73. The number of hydrogen-bond acceptors (Lipinski definition) is 5. The summed E-state index contributed by atoms with van der Waals surface area (Å²) in [6.07, 6.45) is 0.761. The second-order valence-corrected chi connectivity index (χ2v) is 7.49. The molecule has 0 fully saturated rings. The van der Waals surface area contributed by atoms with Gasteiger partial charge in [-0.1, -0.05) is 26.8 Å². The smallest absolute Gasteiger partial charge is 0.146 e. The third-order valence-electron chi connectivity index (χ3n) is 3.31. The number of aromatic hydroxyl groups is 1. The molecule has 0 atom stereocenters. The molecule has 3 N–H and O–H groups in total. The Labute approximate surface area is 142 Å². The number of aryl methyl sites for hydroxylation is 1. The first-order valence-electron chi connectivity index (χ1n) is 7.48. The van der Waals surface area contributed by atoms with Gasteiger partial charge in [-0.15, -0.1) is 22.9 Å². The van der Waals surface area contributed by atoms with Gasteiger partial charge in [-0.25, -0.2) is 0 Å². The second kappa shape index (κ2) is 6.62. The van der Waals surface area contributed by atoms with Crippen LogP contribution in [-0.4, -0.2) is 5.11 Å². The van der Waals surface area contributed by atoms with E-state index in [1.807, 2.05) is 19.1 Å². The quantitative estimate of drug-likeness (QED) is 0.391. The average molecular weight is 329 g/mol. The van der Waals surface area contributed by atoms with E-state index in [1.54, 1.807) is 18.2 Å². The molecule has 0 aromatic heterocycles. The summed E-state index contributed by atoms with van der Waals surface area (Å²) >= 11 is 4.27. The molecule has 5 heteroatoms. The first-order chi connectivity index (χ1) is 10.7. The molecule has 0 aliphatic rings. The summed E-state index contributed by atoms with van der Waals surface area (Å²) < 4.78 is 0. The molecule has 2 rings (SSSR count). The monoisotopic (exact) mass is 329 g/mol. The fourth-order valence-electron chi connectivity index (χ4n) is 2.34. The molecular formula is C18H23N3OS. The van der Waals surface area contributed by atoms with Crippen LogP contribution in [0, 0.1) is 12.3 Å². The summed E-state index contributed by atoms with van der Waals surface area (Å²) in [5.74, 6) is 0.176. The van der Waals surface area contributed by atoms with Crippen LogP contribution >= 0.6 is 12.6 Å². The molecule has 2 aromatic carbocycles. The zero-order valence-electron chi connectivity index (χ0n) is 14.0. The van der Waals surface area contributed by atoms with Crippen LogP contribution in [0.4, 0.5) is 17.1 Å². The minimum Gasteiger partial charge on any atom is -0.505 e. The maximum Gasteiger partial charge on any atom is 0.146 e. The molecule has 0 radical (unpaired) electrons. The molecule has 2 aromatic rings. The summed E-state index contributed by atoms with van der Waals surface area (Å²) in [7, 11) is 0. The van der Waals surface area contributed by atoms with Crippen molar-refractivity contribution in [2.75, 3.05) is 5.73 Å². The molecule has 23 heavy (non-hydrogen) atoms. The van der Waals surface area contributed by atoms with Gasteiger partial charge in [0.2, 0.25) is 0 Å². The number of phenols is 1. The Balaban J connectivity index is 2.40. The number of hydrogen-bond donors (Lipinski definition) is 3. The van der Waals surface area contributed by atoms with Crippen LogP contribution in [0.25, 0.3) is 0 Å². The molecule has 0 amide bonds. The molecule has 0 bridgehead atoms. The van der Waals surface area contributed by atoms with E-state index in [0.717, 1.165) is 22.4 Å². The van der Waals surface area contributed by atoms with Gasteiger partial charge in [-0.2, -0.15) is 0 Å². The number of benzene rings is 2. The molecule has 0 spiro atoms. The first kappa shape index (κ1) is 17.3. The number of thiol groups is 1. The Bertz CT molecular complexity index is 749. The standard InChI is InChI=1S/C18H23N3OS/c1-11-7-12(10-18(2,3)4)17(22)16(8-11)21-20-15-9-13(23)5-6-14(15)19/h5-9,22-23H,10,19H2,1-4H3. The van der Waals surface area contributed by atoms with Crippen LogP contribution in [0.2, 0.25) is 0 Å². The van der Waals surface area contributed by atoms with E-state index in [0.29, 0.717) is 17.1 Å². The number of azo groups is 1. The molecule has 0 saturated heterocycles. The Morgan fingerprint density at radius 3 is 2.39 bits per heavy atom. The lowest BCUT2D eigenvalue weighted by Crippen LogP contribution is -2.09. The number of anilines is 1. The Kier molecular flexibility index (Phi) is 5.00. The fraction of sp³-hybridized carbons (Fsp3) is 0.333. The van der Waals surface area contributed by atoms with Crippen molar-refractivity contribution in [1.82, 2.24) is 0 Å². The highest BCUT2D eigenvalue weighted by atomic mass is 32.1. The molecule has 0 saturated carbocycles. The lowest BCUT2D eigenvalue weighted by atomic mass is 9.87. The van der Waals surface area contributed by atoms with Crippen LogP contribution in [-0.2, 0) is 6.42 Å². The van der Waals surface area contributed by atoms with Crippen molar-refractivity contribution >= 4 is 29.7 Å². The average Bonchev–Trinajstić information content (AvgIpc) is 2.42. The summed E-state index contributed by atoms with van der Waals surface area (Å²) in [5, 5.41) is 18.8. The number of nitrogen functional groups attached to an aromatic ring is 1. The van der Waals surface area contributed by atoms with Crippen LogP contribution in [0.15, 0.2) is 45.5 Å². The van der Waals surface area contributed by atoms with Crippen molar-refractivity contribution in [2.24, 2.45) is 15.6 Å². The van der Waals surface area contributed by atoms with Gasteiger partial charge in [0, 0.05) is 4.90 Å². The second-order valence-electron chi connectivity index (χ2n) is 6.97. The molecule has 4 nitrogen and oxygen atoms in total. The Morgan fingerprint density at radius 1 is 1.09 bits per heavy atom. The maximum atomic E-state index is 10.5. The first-order valence-corrected chi connectivity index (χ1v) is 7.93. The number of phenolic OH excluding ortho intramolecular Hbond substituents is 1. The van der Waals surface area contributed by atoms with Crippen molar-refractivity contribution in [3.63, 3.8) is 0 Å². The highest BCUT2D eigenvalue weighted by molar-refractivity contribution is 7.80. The highest BCUT2D eigenvalue weighted by Crippen LogP contribution is 2.37. The van der Waals surface area contributed by atoms with Gasteiger partial charge >= 0.3 is 0 Å². The largest absolute Gasteiger partial charge is 0.505 e. The molecule has 0 heterocycles. The normalized spacial score (nSPS) is 12.0. The van der Waals surface area contributed by atoms with E-state index in [9.17, 15) is 5.11 Å². The number of nitrogens with zero attached hydrogens (tertiary/aromatic N) is 2. The van der Waals surface area contributed by atoms with Crippen LogP contribution in [0.1, 0.15) is 31.9 Å². The van der Waals surface area contributed by atoms with E-state index in [-0.39, 0.29) is 11.2 Å². The van der Waals surface area contributed by atoms with E-state index in [4.69, 9.17) is 5.73 Å². The Hall–Kier alpha value is -2.01. The molecule has 0 unspecified atom stereocenters. The van der Waals surface area contributed by atoms with Crippen LogP contribution < -0.4 is 5.73 Å². The van der Waals surface area contributed by atoms with E-state index >= 15 is 0 Å². The van der Waals surface area contributed by atoms with Crippen molar-refractivity contribution in [1.29, 1.82) is 0 Å². The van der Waals surface area contributed by atoms with Crippen molar-refractivity contribution in [3.8, 4) is 5.75 Å². The zero-order chi connectivity index (χ0) is 17.2. The topological polar surface area (TPSA) is 71.0 Å². The molecule has 122 valence electrons. The lowest BCUT2D eigenvalue weighted by Gasteiger charge is -2.19.